The number of guanidine groups is 1. The molecule has 2 unspecified atom stereocenters. The quantitative estimate of drug-likeness (QED) is 0.493. The van der Waals surface area contributed by atoms with E-state index in [0.717, 1.165) is 71.2 Å². The van der Waals surface area contributed by atoms with Crippen molar-refractivity contribution in [2.45, 2.75) is 71.6 Å². The fourth-order valence-electron chi connectivity index (χ4n) is 3.83. The highest BCUT2D eigenvalue weighted by Crippen LogP contribution is 2.17. The molecule has 2 saturated heterocycles. The van der Waals surface area contributed by atoms with Crippen LogP contribution in [0.25, 0.3) is 0 Å². The molecule has 0 bridgehead atoms. The fourth-order valence-corrected chi connectivity index (χ4v) is 3.83. The lowest BCUT2D eigenvalue weighted by molar-refractivity contribution is 0.0195. The van der Waals surface area contributed by atoms with Crippen molar-refractivity contribution in [1.82, 2.24) is 20.4 Å². The summed E-state index contributed by atoms with van der Waals surface area (Å²) in [5.74, 6) is 0.940. The average molecular weight is 412 g/mol. The van der Waals surface area contributed by atoms with Gasteiger partial charge in [0.2, 0.25) is 0 Å². The number of amides is 1. The molecule has 8 heteroatoms. The van der Waals surface area contributed by atoms with Gasteiger partial charge in [0.05, 0.1) is 25.8 Å². The molecule has 168 valence electrons. The Hall–Kier alpha value is -1.54. The Balaban J connectivity index is 1.94. The second kappa shape index (κ2) is 11.6. The van der Waals surface area contributed by atoms with Gasteiger partial charge in [-0.1, -0.05) is 13.3 Å². The molecule has 2 aliphatic heterocycles. The largest absolute Gasteiger partial charge is 0.444 e. The molecule has 0 spiro atoms. The fraction of sp³-hybridized carbons (Fsp3) is 0.905. The third-order valence-corrected chi connectivity index (χ3v) is 5.18. The lowest BCUT2D eigenvalue weighted by Gasteiger charge is -2.32. The minimum absolute atomic E-state index is 0.0267. The van der Waals surface area contributed by atoms with Gasteiger partial charge in [0.1, 0.15) is 5.60 Å². The van der Waals surface area contributed by atoms with Gasteiger partial charge in [-0.25, -0.2) is 4.79 Å². The summed E-state index contributed by atoms with van der Waals surface area (Å²) in [5.41, 5.74) is -0.497. The van der Waals surface area contributed by atoms with E-state index in [1.807, 2.05) is 20.8 Å². The maximum absolute atomic E-state index is 12.2. The Bertz CT molecular complexity index is 529. The first kappa shape index (κ1) is 23.7. The first-order chi connectivity index (χ1) is 13.8. The lowest BCUT2D eigenvalue weighted by Crippen LogP contribution is -2.47. The number of morpholine rings is 1. The minimum atomic E-state index is -0.497. The summed E-state index contributed by atoms with van der Waals surface area (Å²) in [6, 6.07) is 0.537. The van der Waals surface area contributed by atoms with Gasteiger partial charge in [0, 0.05) is 38.8 Å². The zero-order valence-corrected chi connectivity index (χ0v) is 19.0. The van der Waals surface area contributed by atoms with Crippen molar-refractivity contribution in [3.8, 4) is 0 Å². The predicted octanol–water partition coefficient (Wildman–Crippen LogP) is 2.05. The molecule has 0 aromatic carbocycles. The SMILES string of the molecule is CCCC(CN=C(NCC)N1CCC(N2CCOCC2)C1)NC(=O)OC(C)(C)C. The number of ether oxygens (including phenoxy) is 2. The molecule has 0 aromatic heterocycles. The van der Waals surface area contributed by atoms with Crippen LogP contribution in [0.5, 0.6) is 0 Å². The summed E-state index contributed by atoms with van der Waals surface area (Å²) >= 11 is 0. The molecule has 2 N–H and O–H groups in total. The van der Waals surface area contributed by atoms with Crippen LogP contribution in [-0.2, 0) is 9.47 Å². The van der Waals surface area contributed by atoms with Crippen LogP contribution in [-0.4, -0.2) is 92.0 Å². The molecule has 0 aromatic rings. The Morgan fingerprint density at radius 3 is 2.59 bits per heavy atom. The summed E-state index contributed by atoms with van der Waals surface area (Å²) in [5, 5.41) is 6.41. The van der Waals surface area contributed by atoms with E-state index in [9.17, 15) is 4.79 Å². The second-order valence-corrected chi connectivity index (χ2v) is 8.86. The minimum Gasteiger partial charge on any atom is -0.444 e. The number of hydrogen-bond donors (Lipinski definition) is 2. The van der Waals surface area contributed by atoms with Crippen molar-refractivity contribution in [2.24, 2.45) is 4.99 Å². The molecule has 2 rings (SSSR count). The number of nitrogens with one attached hydrogen (secondary N) is 2. The van der Waals surface area contributed by atoms with Crippen molar-refractivity contribution in [3.63, 3.8) is 0 Å². The monoisotopic (exact) mass is 411 g/mol. The number of hydrogen-bond acceptors (Lipinski definition) is 5. The smallest absolute Gasteiger partial charge is 0.407 e. The molecule has 1 amide bonds. The molecule has 8 nitrogen and oxygen atoms in total. The molecule has 2 heterocycles. The third-order valence-electron chi connectivity index (χ3n) is 5.18. The van der Waals surface area contributed by atoms with Crippen LogP contribution < -0.4 is 10.6 Å². The van der Waals surface area contributed by atoms with E-state index in [-0.39, 0.29) is 12.1 Å². The zero-order chi connectivity index (χ0) is 21.3. The van der Waals surface area contributed by atoms with Gasteiger partial charge >= 0.3 is 6.09 Å². The van der Waals surface area contributed by atoms with E-state index in [0.29, 0.717) is 12.6 Å². The van der Waals surface area contributed by atoms with E-state index in [2.05, 4.69) is 34.3 Å². The molecule has 2 aliphatic rings. The van der Waals surface area contributed by atoms with E-state index < -0.39 is 5.60 Å². The number of likely N-dealkylation sites (tertiary alicyclic amines) is 1. The maximum Gasteiger partial charge on any atom is 0.407 e. The number of nitrogens with zero attached hydrogens (tertiary/aromatic N) is 3. The molecular weight excluding hydrogens is 370 g/mol. The summed E-state index contributed by atoms with van der Waals surface area (Å²) in [7, 11) is 0. The van der Waals surface area contributed by atoms with Gasteiger partial charge < -0.3 is 25.0 Å². The summed E-state index contributed by atoms with van der Waals surface area (Å²) < 4.78 is 10.9. The highest BCUT2D eigenvalue weighted by Gasteiger charge is 2.30. The van der Waals surface area contributed by atoms with Crippen LogP contribution in [0.3, 0.4) is 0 Å². The normalized spacial score (nSPS) is 22.4. The first-order valence-electron chi connectivity index (χ1n) is 11.2. The average Bonchev–Trinajstić information content (AvgIpc) is 3.14. The molecule has 0 aliphatic carbocycles. The van der Waals surface area contributed by atoms with E-state index >= 15 is 0 Å². The van der Waals surface area contributed by atoms with Crippen molar-refractivity contribution >= 4 is 12.1 Å². The maximum atomic E-state index is 12.2. The van der Waals surface area contributed by atoms with Crippen LogP contribution in [0, 0.1) is 0 Å². The second-order valence-electron chi connectivity index (χ2n) is 8.86. The van der Waals surface area contributed by atoms with Gasteiger partial charge in [-0.3, -0.25) is 9.89 Å². The molecule has 29 heavy (non-hydrogen) atoms. The highest BCUT2D eigenvalue weighted by atomic mass is 16.6. The number of carbonyl (C=O) groups excluding carboxylic acids is 1. The van der Waals surface area contributed by atoms with Crippen LogP contribution in [0.1, 0.15) is 53.9 Å². The predicted molar refractivity (Wildman–Crippen MR) is 116 cm³/mol. The van der Waals surface area contributed by atoms with E-state index in [1.54, 1.807) is 0 Å². The molecule has 0 saturated carbocycles. The number of aliphatic imine (C=N–C) groups is 1. The van der Waals surface area contributed by atoms with Gasteiger partial charge in [0.25, 0.3) is 0 Å². The number of carbonyl (C=O) groups is 1. The highest BCUT2D eigenvalue weighted by molar-refractivity contribution is 5.80. The Morgan fingerprint density at radius 1 is 1.24 bits per heavy atom. The van der Waals surface area contributed by atoms with Crippen molar-refractivity contribution in [1.29, 1.82) is 0 Å². The third kappa shape index (κ3) is 8.38. The number of rotatable bonds is 7. The Kier molecular flexibility index (Phi) is 9.49. The first-order valence-corrected chi connectivity index (χ1v) is 11.2. The molecular formula is C21H41N5O3. The topological polar surface area (TPSA) is 78.4 Å². The number of alkyl carbamates (subject to hydrolysis) is 1. The molecule has 0 radical (unpaired) electrons. The van der Waals surface area contributed by atoms with Crippen molar-refractivity contribution < 1.29 is 14.3 Å². The van der Waals surface area contributed by atoms with Gasteiger partial charge in [-0.05, 0) is 40.5 Å². The summed E-state index contributed by atoms with van der Waals surface area (Å²) in [6.45, 7) is 16.9. The van der Waals surface area contributed by atoms with E-state index in [1.165, 1.54) is 0 Å². The van der Waals surface area contributed by atoms with Crippen molar-refractivity contribution in [3.05, 3.63) is 0 Å². The molecule has 2 atom stereocenters. The summed E-state index contributed by atoms with van der Waals surface area (Å²) in [6.07, 6.45) is 2.64. The Labute approximate surface area is 176 Å². The lowest BCUT2D eigenvalue weighted by atomic mass is 10.1. The van der Waals surface area contributed by atoms with Crippen LogP contribution in [0.15, 0.2) is 4.99 Å². The molecule has 2 fully saturated rings. The van der Waals surface area contributed by atoms with Crippen LogP contribution in [0.4, 0.5) is 4.79 Å². The van der Waals surface area contributed by atoms with E-state index in [4.69, 9.17) is 14.5 Å². The van der Waals surface area contributed by atoms with Crippen molar-refractivity contribution in [2.75, 3.05) is 52.5 Å². The van der Waals surface area contributed by atoms with Crippen LogP contribution in [0.2, 0.25) is 0 Å². The van der Waals surface area contributed by atoms with Crippen LogP contribution >= 0.6 is 0 Å². The summed E-state index contributed by atoms with van der Waals surface area (Å²) in [4.78, 5) is 21.9. The van der Waals surface area contributed by atoms with Gasteiger partial charge in [-0.2, -0.15) is 0 Å². The Morgan fingerprint density at radius 2 is 1.97 bits per heavy atom. The zero-order valence-electron chi connectivity index (χ0n) is 19.0. The standard InChI is InChI=1S/C21H41N5O3/c1-6-8-17(24-20(27)29-21(3,4)5)15-23-19(22-7-2)26-10-9-18(16-26)25-11-13-28-14-12-25/h17-18H,6-16H2,1-5H3,(H,22,23)(H,24,27). The van der Waals surface area contributed by atoms with Gasteiger partial charge in [-0.15, -0.1) is 0 Å². The van der Waals surface area contributed by atoms with Gasteiger partial charge in [0.15, 0.2) is 5.96 Å².